The average Bonchev–Trinajstić information content (AvgIpc) is 2.78. The first-order valence-electron chi connectivity index (χ1n) is 7.72. The maximum Gasteiger partial charge on any atom is 0.308 e. The summed E-state index contributed by atoms with van der Waals surface area (Å²) in [5.41, 5.74) is 2.53. The summed E-state index contributed by atoms with van der Waals surface area (Å²) in [6.07, 6.45) is 3.14. The van der Waals surface area contributed by atoms with Crippen LogP contribution in [0.25, 0.3) is 0 Å². The Morgan fingerprint density at radius 2 is 2.14 bits per heavy atom. The number of nitrogens with zero attached hydrogens (tertiary/aromatic N) is 3. The molecule has 5 heteroatoms. The lowest BCUT2D eigenvalue weighted by Gasteiger charge is -2.11. The van der Waals surface area contributed by atoms with Crippen molar-refractivity contribution in [3.8, 4) is 0 Å². The molecule has 0 saturated carbocycles. The SMILES string of the molecule is COC(=O)[C@H]1CCc2nnc(Cc3ccccc3C)n2CC1. The van der Waals surface area contributed by atoms with Gasteiger partial charge in [-0.1, -0.05) is 24.3 Å². The Morgan fingerprint density at radius 1 is 1.32 bits per heavy atom. The van der Waals surface area contributed by atoms with E-state index in [9.17, 15) is 4.79 Å². The van der Waals surface area contributed by atoms with Crippen molar-refractivity contribution in [2.75, 3.05) is 7.11 Å². The van der Waals surface area contributed by atoms with Crippen molar-refractivity contribution in [1.82, 2.24) is 14.8 Å². The number of aromatic nitrogens is 3. The molecule has 0 unspecified atom stereocenters. The highest BCUT2D eigenvalue weighted by atomic mass is 16.5. The van der Waals surface area contributed by atoms with Gasteiger partial charge in [0.15, 0.2) is 0 Å². The molecular weight excluding hydrogens is 278 g/mol. The standard InChI is InChI=1S/C17H21N3O2/c1-12-5-3-4-6-14(12)11-16-19-18-15-8-7-13(17(21)22-2)9-10-20(15)16/h3-6,13H,7-11H2,1-2H3/t13-/m0/s1. The predicted molar refractivity (Wildman–Crippen MR) is 82.5 cm³/mol. The Bertz CT molecular complexity index is 678. The first-order valence-corrected chi connectivity index (χ1v) is 7.72. The lowest BCUT2D eigenvalue weighted by atomic mass is 10.0. The van der Waals surface area contributed by atoms with Gasteiger partial charge in [-0.05, 0) is 30.9 Å². The van der Waals surface area contributed by atoms with Gasteiger partial charge in [0.05, 0.1) is 13.0 Å². The van der Waals surface area contributed by atoms with E-state index in [4.69, 9.17) is 4.74 Å². The first-order chi connectivity index (χ1) is 10.7. The molecule has 0 aliphatic carbocycles. The van der Waals surface area contributed by atoms with Gasteiger partial charge in [-0.15, -0.1) is 10.2 Å². The van der Waals surface area contributed by atoms with Crippen molar-refractivity contribution in [3.05, 3.63) is 47.0 Å². The molecule has 3 rings (SSSR count). The molecule has 2 aromatic rings. The van der Waals surface area contributed by atoms with Crippen LogP contribution in [0.5, 0.6) is 0 Å². The van der Waals surface area contributed by atoms with Crippen molar-refractivity contribution < 1.29 is 9.53 Å². The van der Waals surface area contributed by atoms with Gasteiger partial charge in [-0.3, -0.25) is 4.79 Å². The molecule has 0 spiro atoms. The van der Waals surface area contributed by atoms with Crippen molar-refractivity contribution in [2.24, 2.45) is 5.92 Å². The molecular formula is C17H21N3O2. The molecule has 1 aromatic heterocycles. The molecule has 2 heterocycles. The number of benzene rings is 1. The van der Waals surface area contributed by atoms with Crippen LogP contribution < -0.4 is 0 Å². The van der Waals surface area contributed by atoms with Crippen LogP contribution in [0.2, 0.25) is 0 Å². The summed E-state index contributed by atoms with van der Waals surface area (Å²) in [6.45, 7) is 2.89. The monoisotopic (exact) mass is 299 g/mol. The van der Waals surface area contributed by atoms with Gasteiger partial charge in [0.1, 0.15) is 11.6 Å². The molecule has 0 N–H and O–H groups in total. The summed E-state index contributed by atoms with van der Waals surface area (Å²) in [5.74, 6) is 1.82. The number of methoxy groups -OCH3 is 1. The molecule has 22 heavy (non-hydrogen) atoms. The summed E-state index contributed by atoms with van der Waals surface area (Å²) in [4.78, 5) is 11.7. The van der Waals surface area contributed by atoms with Gasteiger partial charge >= 0.3 is 5.97 Å². The summed E-state index contributed by atoms with van der Waals surface area (Å²) in [6, 6.07) is 8.34. The molecule has 0 saturated heterocycles. The molecule has 0 amide bonds. The number of fused-ring (bicyclic) bond motifs is 1. The molecule has 1 aliphatic heterocycles. The normalized spacial score (nSPS) is 17.6. The highest BCUT2D eigenvalue weighted by molar-refractivity contribution is 5.72. The summed E-state index contributed by atoms with van der Waals surface area (Å²) in [5, 5.41) is 8.69. The second-order valence-electron chi connectivity index (χ2n) is 5.83. The molecule has 0 bridgehead atoms. The van der Waals surface area contributed by atoms with Gasteiger partial charge < -0.3 is 9.30 Å². The fourth-order valence-electron chi connectivity index (χ4n) is 3.06. The van der Waals surface area contributed by atoms with E-state index in [0.29, 0.717) is 0 Å². The van der Waals surface area contributed by atoms with Gasteiger partial charge in [-0.2, -0.15) is 0 Å². The Hall–Kier alpha value is -2.17. The van der Waals surface area contributed by atoms with E-state index in [2.05, 4.69) is 39.9 Å². The van der Waals surface area contributed by atoms with Crippen LogP contribution in [-0.4, -0.2) is 27.8 Å². The number of carbonyl (C=O) groups is 1. The van der Waals surface area contributed by atoms with Crippen LogP contribution in [0, 0.1) is 12.8 Å². The van der Waals surface area contributed by atoms with E-state index in [1.54, 1.807) is 0 Å². The Morgan fingerprint density at radius 3 is 2.91 bits per heavy atom. The third kappa shape index (κ3) is 2.89. The molecule has 1 aliphatic rings. The topological polar surface area (TPSA) is 57.0 Å². The van der Waals surface area contributed by atoms with Gasteiger partial charge in [-0.25, -0.2) is 0 Å². The number of rotatable bonds is 3. The van der Waals surface area contributed by atoms with Crippen molar-refractivity contribution in [1.29, 1.82) is 0 Å². The highest BCUT2D eigenvalue weighted by Gasteiger charge is 2.25. The zero-order valence-corrected chi connectivity index (χ0v) is 13.1. The fraction of sp³-hybridized carbons (Fsp3) is 0.471. The van der Waals surface area contributed by atoms with Crippen molar-refractivity contribution in [2.45, 2.75) is 39.2 Å². The smallest absolute Gasteiger partial charge is 0.308 e. The zero-order valence-electron chi connectivity index (χ0n) is 13.1. The molecule has 1 aromatic carbocycles. The Kier molecular flexibility index (Phi) is 4.22. The van der Waals surface area contributed by atoms with E-state index in [1.807, 2.05) is 6.07 Å². The third-order valence-electron chi connectivity index (χ3n) is 4.47. The molecule has 5 nitrogen and oxygen atoms in total. The minimum atomic E-state index is -0.112. The number of carbonyl (C=O) groups excluding carboxylic acids is 1. The Labute approximate surface area is 130 Å². The average molecular weight is 299 g/mol. The second-order valence-corrected chi connectivity index (χ2v) is 5.83. The lowest BCUT2D eigenvalue weighted by molar-refractivity contribution is -0.145. The van der Waals surface area contributed by atoms with Crippen LogP contribution >= 0.6 is 0 Å². The fourth-order valence-corrected chi connectivity index (χ4v) is 3.06. The van der Waals surface area contributed by atoms with E-state index < -0.39 is 0 Å². The van der Waals surface area contributed by atoms with Gasteiger partial charge in [0, 0.05) is 19.4 Å². The number of hydrogen-bond acceptors (Lipinski definition) is 4. The maximum atomic E-state index is 11.7. The molecule has 1 atom stereocenters. The number of esters is 1. The van der Waals surface area contributed by atoms with Crippen LogP contribution in [0.3, 0.4) is 0 Å². The maximum absolute atomic E-state index is 11.7. The second kappa shape index (κ2) is 6.30. The number of hydrogen-bond donors (Lipinski definition) is 0. The van der Waals surface area contributed by atoms with E-state index in [1.165, 1.54) is 18.2 Å². The van der Waals surface area contributed by atoms with E-state index >= 15 is 0 Å². The number of ether oxygens (including phenoxy) is 1. The van der Waals surface area contributed by atoms with Crippen LogP contribution in [0.4, 0.5) is 0 Å². The Balaban J connectivity index is 1.79. The molecule has 116 valence electrons. The van der Waals surface area contributed by atoms with Crippen LogP contribution in [0.15, 0.2) is 24.3 Å². The van der Waals surface area contributed by atoms with Crippen LogP contribution in [-0.2, 0) is 28.9 Å². The van der Waals surface area contributed by atoms with Crippen molar-refractivity contribution in [3.63, 3.8) is 0 Å². The molecule has 0 fully saturated rings. The molecule has 0 radical (unpaired) electrons. The van der Waals surface area contributed by atoms with Gasteiger partial charge in [0.2, 0.25) is 0 Å². The third-order valence-corrected chi connectivity index (χ3v) is 4.47. The first kappa shape index (κ1) is 14.8. The van der Waals surface area contributed by atoms with E-state index in [-0.39, 0.29) is 11.9 Å². The summed E-state index contributed by atoms with van der Waals surface area (Å²) < 4.78 is 7.05. The highest BCUT2D eigenvalue weighted by Crippen LogP contribution is 2.22. The quantitative estimate of drug-likeness (QED) is 0.816. The zero-order chi connectivity index (χ0) is 15.5. The van der Waals surface area contributed by atoms with Crippen LogP contribution in [0.1, 0.15) is 35.6 Å². The lowest BCUT2D eigenvalue weighted by Crippen LogP contribution is -2.17. The largest absolute Gasteiger partial charge is 0.469 e. The minimum Gasteiger partial charge on any atom is -0.469 e. The summed E-state index contributed by atoms with van der Waals surface area (Å²) >= 11 is 0. The summed E-state index contributed by atoms with van der Waals surface area (Å²) in [7, 11) is 1.46. The van der Waals surface area contributed by atoms with Gasteiger partial charge in [0.25, 0.3) is 0 Å². The van der Waals surface area contributed by atoms with Crippen molar-refractivity contribution >= 4 is 5.97 Å². The van der Waals surface area contributed by atoms with E-state index in [0.717, 1.165) is 43.9 Å². The number of aryl methyl sites for hydroxylation is 2. The predicted octanol–water partition coefficient (Wildman–Crippen LogP) is 2.30. The minimum absolute atomic E-state index is 0.0296.